The average molecular weight is 628 g/mol. The van der Waals surface area contributed by atoms with Crippen LogP contribution in [0.4, 0.5) is 11.4 Å². The van der Waals surface area contributed by atoms with Crippen molar-refractivity contribution < 1.29 is 14.3 Å². The number of amides is 1. The van der Waals surface area contributed by atoms with Gasteiger partial charge in [-0.1, -0.05) is 12.1 Å². The van der Waals surface area contributed by atoms with Crippen LogP contribution in [0.3, 0.4) is 0 Å². The van der Waals surface area contributed by atoms with E-state index in [1.807, 2.05) is 13.0 Å². The molecule has 4 aliphatic rings. The van der Waals surface area contributed by atoms with Crippen molar-refractivity contribution in [3.63, 3.8) is 0 Å². The van der Waals surface area contributed by atoms with Crippen LogP contribution in [0.2, 0.25) is 0 Å². The van der Waals surface area contributed by atoms with Crippen molar-refractivity contribution in [2.75, 3.05) is 63.4 Å². The van der Waals surface area contributed by atoms with E-state index in [4.69, 9.17) is 9.47 Å². The third-order valence-corrected chi connectivity index (χ3v) is 11.3. The van der Waals surface area contributed by atoms with Gasteiger partial charge in [-0.25, -0.2) is 0 Å². The molecule has 0 aliphatic carbocycles. The molecular formula is C38H53N5O3. The lowest BCUT2D eigenvalue weighted by molar-refractivity contribution is 0.0846. The van der Waals surface area contributed by atoms with Gasteiger partial charge in [0.05, 0.1) is 7.11 Å². The van der Waals surface area contributed by atoms with Gasteiger partial charge in [0.25, 0.3) is 5.91 Å². The van der Waals surface area contributed by atoms with Crippen molar-refractivity contribution in [2.24, 2.45) is 0 Å². The molecular weight excluding hydrogens is 574 g/mol. The number of nitrogens with one attached hydrogen (secondary N) is 3. The van der Waals surface area contributed by atoms with Crippen molar-refractivity contribution in [2.45, 2.75) is 83.8 Å². The first-order valence-corrected chi connectivity index (χ1v) is 17.3. The van der Waals surface area contributed by atoms with Crippen molar-refractivity contribution in [1.29, 1.82) is 0 Å². The molecule has 3 N–H and O–H groups in total. The molecule has 6 rings (SSSR count). The van der Waals surface area contributed by atoms with Crippen LogP contribution in [0.25, 0.3) is 11.1 Å². The summed E-state index contributed by atoms with van der Waals surface area (Å²) in [5.41, 5.74) is 10.2. The second-order valence-corrected chi connectivity index (χ2v) is 13.7. The molecule has 2 unspecified atom stereocenters. The van der Waals surface area contributed by atoms with Gasteiger partial charge >= 0.3 is 0 Å². The van der Waals surface area contributed by atoms with E-state index in [1.165, 1.54) is 11.3 Å². The topological polar surface area (TPSA) is 78.1 Å². The Morgan fingerprint density at radius 1 is 1.11 bits per heavy atom. The zero-order valence-corrected chi connectivity index (χ0v) is 28.9. The number of anilines is 2. The molecule has 1 spiro atoms. The molecule has 46 heavy (non-hydrogen) atoms. The van der Waals surface area contributed by atoms with Crippen LogP contribution in [0.5, 0.6) is 0 Å². The number of ether oxygens (including phenoxy) is 2. The largest absolute Gasteiger partial charge is 0.497 e. The monoisotopic (exact) mass is 627 g/mol. The summed E-state index contributed by atoms with van der Waals surface area (Å²) in [7, 11) is 3.94. The van der Waals surface area contributed by atoms with Crippen LogP contribution >= 0.6 is 0 Å². The minimum absolute atomic E-state index is 0.0642. The Labute approximate surface area is 275 Å². The van der Waals surface area contributed by atoms with E-state index < -0.39 is 0 Å². The van der Waals surface area contributed by atoms with Crippen LogP contribution in [0.1, 0.15) is 74.9 Å². The first-order chi connectivity index (χ1) is 22.2. The summed E-state index contributed by atoms with van der Waals surface area (Å²) in [4.78, 5) is 19.1. The molecule has 248 valence electrons. The van der Waals surface area contributed by atoms with E-state index in [2.05, 4.69) is 90.8 Å². The van der Waals surface area contributed by atoms with Crippen LogP contribution in [-0.2, 0) is 14.9 Å². The van der Waals surface area contributed by atoms with Crippen LogP contribution < -0.4 is 25.8 Å². The summed E-state index contributed by atoms with van der Waals surface area (Å²) < 4.78 is 11.4. The highest BCUT2D eigenvalue weighted by atomic mass is 16.5. The van der Waals surface area contributed by atoms with Crippen LogP contribution in [0.15, 0.2) is 53.4 Å². The summed E-state index contributed by atoms with van der Waals surface area (Å²) in [6.07, 6.45) is 6.29. The zero-order chi connectivity index (χ0) is 32.6. The van der Waals surface area contributed by atoms with Crippen molar-refractivity contribution in [3.05, 3.63) is 70.1 Å². The Balaban J connectivity index is 1.40. The Morgan fingerprint density at radius 3 is 2.54 bits per heavy atom. The number of fused-ring (bicyclic) bond motifs is 2. The predicted molar refractivity (Wildman–Crippen MR) is 188 cm³/mol. The standard InChI is InChI=1S/C38H53N5O3/c1-8-43(30-11-17-46-18-12-30)34-22-29(28-9-10-33-35(21-28)42(6)27(5)38(33)13-15-39-16-14-38)20-31(25(34)3)37(44)40-23-32-26(4)41-24(2)19-36(32)45-7/h9-10,19-22,26-27,30,39,41H,8,11-18,23H2,1-7H3,(H,40,44). The maximum Gasteiger partial charge on any atom is 0.251 e. The number of likely N-dealkylation sites (N-methyl/N-ethyl adjacent to an activating group) is 1. The summed E-state index contributed by atoms with van der Waals surface area (Å²) >= 11 is 0. The number of allylic oxidation sites excluding steroid dienone is 2. The van der Waals surface area contributed by atoms with Gasteiger partial charge in [0.2, 0.25) is 0 Å². The van der Waals surface area contributed by atoms with Gasteiger partial charge in [-0.3, -0.25) is 4.79 Å². The number of rotatable bonds is 8. The number of piperidine rings is 1. The molecule has 2 atom stereocenters. The number of methoxy groups -OCH3 is 1. The third kappa shape index (κ3) is 5.79. The second-order valence-electron chi connectivity index (χ2n) is 13.7. The highest BCUT2D eigenvalue weighted by molar-refractivity contribution is 5.99. The third-order valence-electron chi connectivity index (χ3n) is 11.3. The fourth-order valence-electron chi connectivity index (χ4n) is 8.48. The molecule has 2 fully saturated rings. The SMILES string of the molecule is CCN(c1cc(-c2ccc3c(c2)N(C)C(C)C32CCNCC2)cc(C(=O)NCC2=C(OC)C=C(C)NC2C)c1C)C1CCOCC1. The number of hydrogen-bond acceptors (Lipinski definition) is 7. The number of carbonyl (C=O) groups excluding carboxylic acids is 1. The van der Waals surface area contributed by atoms with Gasteiger partial charge in [0, 0.05) is 85.1 Å². The molecule has 8 nitrogen and oxygen atoms in total. The lowest BCUT2D eigenvalue weighted by Gasteiger charge is -2.39. The van der Waals surface area contributed by atoms with Gasteiger partial charge in [-0.15, -0.1) is 0 Å². The first-order valence-electron chi connectivity index (χ1n) is 17.3. The predicted octanol–water partition coefficient (Wildman–Crippen LogP) is 5.65. The fourth-order valence-corrected chi connectivity index (χ4v) is 8.48. The molecule has 2 saturated heterocycles. The number of dihydropyridines is 1. The van der Waals surface area contributed by atoms with Crippen molar-refractivity contribution >= 4 is 17.3 Å². The molecule has 4 aliphatic heterocycles. The number of nitrogens with zero attached hydrogens (tertiary/aromatic N) is 2. The van der Waals surface area contributed by atoms with Crippen molar-refractivity contribution in [3.8, 4) is 11.1 Å². The van der Waals surface area contributed by atoms with Crippen molar-refractivity contribution in [1.82, 2.24) is 16.0 Å². The summed E-state index contributed by atoms with van der Waals surface area (Å²) in [5, 5.41) is 10.3. The fraction of sp³-hybridized carbons (Fsp3) is 0.553. The molecule has 8 heteroatoms. The average Bonchev–Trinajstić information content (AvgIpc) is 3.26. The Morgan fingerprint density at radius 2 is 1.85 bits per heavy atom. The van der Waals surface area contributed by atoms with Gasteiger partial charge in [-0.05, 0) is 120 Å². The van der Waals surface area contributed by atoms with Crippen LogP contribution in [-0.4, -0.2) is 77.6 Å². The Hall–Kier alpha value is -3.49. The first kappa shape index (κ1) is 32.5. The highest BCUT2D eigenvalue weighted by Crippen LogP contribution is 2.50. The Bertz CT molecular complexity index is 1520. The van der Waals surface area contributed by atoms with E-state index >= 15 is 0 Å². The van der Waals surface area contributed by atoms with E-state index in [1.54, 1.807) is 7.11 Å². The summed E-state index contributed by atoms with van der Waals surface area (Å²) in [5.74, 6) is 0.750. The second kappa shape index (κ2) is 13.3. The summed E-state index contributed by atoms with van der Waals surface area (Å²) in [6.45, 7) is 15.8. The normalized spacial score (nSPS) is 22.8. The van der Waals surface area contributed by atoms with E-state index in [0.29, 0.717) is 18.6 Å². The van der Waals surface area contributed by atoms with Gasteiger partial charge in [0.1, 0.15) is 5.76 Å². The zero-order valence-electron chi connectivity index (χ0n) is 28.9. The lowest BCUT2D eigenvalue weighted by atomic mass is 9.70. The molecule has 0 bridgehead atoms. The molecule has 0 saturated carbocycles. The van der Waals surface area contributed by atoms with E-state index in [0.717, 1.165) is 104 Å². The quantitative estimate of drug-likeness (QED) is 0.349. The summed E-state index contributed by atoms with van der Waals surface area (Å²) in [6, 6.07) is 12.3. The molecule has 0 radical (unpaired) electrons. The minimum atomic E-state index is -0.0642. The van der Waals surface area contributed by atoms with E-state index in [-0.39, 0.29) is 17.4 Å². The maximum absolute atomic E-state index is 14.1. The lowest BCUT2D eigenvalue weighted by Crippen LogP contribution is -2.48. The van der Waals surface area contributed by atoms with E-state index in [9.17, 15) is 4.79 Å². The van der Waals surface area contributed by atoms with Gasteiger partial charge < -0.3 is 35.2 Å². The van der Waals surface area contributed by atoms with Gasteiger partial charge in [0.15, 0.2) is 0 Å². The van der Waals surface area contributed by atoms with Crippen LogP contribution in [0, 0.1) is 6.92 Å². The molecule has 1 amide bonds. The maximum atomic E-state index is 14.1. The minimum Gasteiger partial charge on any atom is -0.497 e. The highest BCUT2D eigenvalue weighted by Gasteiger charge is 2.47. The Kier molecular flexibility index (Phi) is 9.40. The number of carbonyl (C=O) groups is 1. The number of benzene rings is 2. The molecule has 2 aromatic carbocycles. The molecule has 4 heterocycles. The smallest absolute Gasteiger partial charge is 0.251 e. The molecule has 0 aromatic heterocycles. The number of hydrogen-bond donors (Lipinski definition) is 3. The molecule has 2 aromatic rings. The van der Waals surface area contributed by atoms with Gasteiger partial charge in [-0.2, -0.15) is 0 Å².